The van der Waals surface area contributed by atoms with E-state index < -0.39 is 10.0 Å². The molecule has 0 unspecified atom stereocenters. The Balaban J connectivity index is 2.50. The molecule has 1 heterocycles. The van der Waals surface area contributed by atoms with Crippen molar-refractivity contribution >= 4 is 43.5 Å². The normalized spacial score (nSPS) is 15.8. The minimum atomic E-state index is -3.88. The highest BCUT2D eigenvalue weighted by molar-refractivity contribution is 9.10. The topological polar surface area (TPSA) is 80.5 Å². The summed E-state index contributed by atoms with van der Waals surface area (Å²) in [7, 11) is -3.88. The summed E-state index contributed by atoms with van der Waals surface area (Å²) in [5.41, 5.74) is 0.155. The number of sulfonamides is 1. The van der Waals surface area contributed by atoms with Crippen LogP contribution in [-0.2, 0) is 10.0 Å². The Bertz CT molecular complexity index is 627. The van der Waals surface area contributed by atoms with Crippen molar-refractivity contribution in [3.63, 3.8) is 0 Å². The van der Waals surface area contributed by atoms with Crippen LogP contribution >= 0.6 is 27.5 Å². The summed E-state index contributed by atoms with van der Waals surface area (Å²) in [6.45, 7) is 1.32. The lowest BCUT2D eigenvalue weighted by molar-refractivity contribution is 0.0792. The van der Waals surface area contributed by atoms with Gasteiger partial charge in [0.05, 0.1) is 15.5 Å². The maximum absolute atomic E-state index is 12.3. The zero-order valence-electron chi connectivity index (χ0n) is 9.90. The first-order valence-electron chi connectivity index (χ1n) is 5.62. The zero-order valence-corrected chi connectivity index (χ0v) is 13.1. The van der Waals surface area contributed by atoms with Crippen molar-refractivity contribution in [2.75, 3.05) is 13.1 Å². The van der Waals surface area contributed by atoms with Gasteiger partial charge in [-0.2, -0.15) is 0 Å². The summed E-state index contributed by atoms with van der Waals surface area (Å²) in [6.07, 6.45) is 1.89. The van der Waals surface area contributed by atoms with E-state index in [1.165, 1.54) is 12.1 Å². The molecule has 8 heteroatoms. The molecule has 5 nitrogen and oxygen atoms in total. The highest BCUT2D eigenvalue weighted by Gasteiger charge is 2.24. The zero-order chi connectivity index (χ0) is 14.2. The number of primary sulfonamides is 1. The lowest BCUT2D eigenvalue weighted by Gasteiger charge is -2.17. The fourth-order valence-corrected chi connectivity index (χ4v) is 3.34. The number of hydrogen-bond acceptors (Lipinski definition) is 3. The molecule has 1 aromatic rings. The van der Waals surface area contributed by atoms with Gasteiger partial charge in [0, 0.05) is 17.6 Å². The minimum absolute atomic E-state index is 0.133. The highest BCUT2D eigenvalue weighted by atomic mass is 79.9. The van der Waals surface area contributed by atoms with Crippen LogP contribution in [0.5, 0.6) is 0 Å². The van der Waals surface area contributed by atoms with Crippen molar-refractivity contribution in [1.82, 2.24) is 4.90 Å². The van der Waals surface area contributed by atoms with Gasteiger partial charge >= 0.3 is 0 Å². The number of benzene rings is 1. The highest BCUT2D eigenvalue weighted by Crippen LogP contribution is 2.31. The molecule has 1 fully saturated rings. The predicted molar refractivity (Wildman–Crippen MR) is 75.7 cm³/mol. The van der Waals surface area contributed by atoms with Crippen LogP contribution in [0.2, 0.25) is 5.02 Å². The van der Waals surface area contributed by atoms with Gasteiger partial charge in [0.2, 0.25) is 10.0 Å². The molecule has 0 aliphatic carbocycles. The molecule has 0 radical (unpaired) electrons. The van der Waals surface area contributed by atoms with Crippen LogP contribution in [-0.4, -0.2) is 32.3 Å². The van der Waals surface area contributed by atoms with E-state index in [2.05, 4.69) is 15.9 Å². The van der Waals surface area contributed by atoms with E-state index in [0.717, 1.165) is 12.8 Å². The Kier molecular flexibility index (Phi) is 4.20. The monoisotopic (exact) mass is 366 g/mol. The molecule has 1 aliphatic heterocycles. The number of carbonyl (C=O) groups excluding carboxylic acids is 1. The Morgan fingerprint density at radius 1 is 1.32 bits per heavy atom. The van der Waals surface area contributed by atoms with Gasteiger partial charge in [-0.05, 0) is 40.9 Å². The number of amides is 1. The number of halogens is 2. The van der Waals surface area contributed by atoms with Crippen LogP contribution in [0.1, 0.15) is 23.2 Å². The fourth-order valence-electron chi connectivity index (χ4n) is 1.97. The molecule has 1 aliphatic rings. The van der Waals surface area contributed by atoms with Gasteiger partial charge in [-0.15, -0.1) is 0 Å². The lowest BCUT2D eigenvalue weighted by Crippen LogP contribution is -2.28. The third kappa shape index (κ3) is 3.10. The van der Waals surface area contributed by atoms with Gasteiger partial charge in [-0.3, -0.25) is 4.79 Å². The lowest BCUT2D eigenvalue weighted by atomic mass is 10.2. The number of likely N-dealkylation sites (tertiary alicyclic amines) is 1. The van der Waals surface area contributed by atoms with E-state index in [-0.39, 0.29) is 21.4 Å². The standard InChI is InChI=1S/C11H12BrClN2O3S/c12-9-6-7(19(14,17)18)5-8(10(9)13)11(16)15-3-1-2-4-15/h5-6H,1-4H2,(H2,14,17,18). The molecule has 0 saturated carbocycles. The molecule has 0 atom stereocenters. The third-order valence-electron chi connectivity index (χ3n) is 2.95. The molecule has 0 spiro atoms. The second-order valence-electron chi connectivity index (χ2n) is 4.31. The molecule has 0 bridgehead atoms. The fraction of sp³-hybridized carbons (Fsp3) is 0.364. The van der Waals surface area contributed by atoms with Crippen molar-refractivity contribution < 1.29 is 13.2 Å². The summed E-state index contributed by atoms with van der Waals surface area (Å²) in [6, 6.07) is 2.52. The van der Waals surface area contributed by atoms with E-state index in [4.69, 9.17) is 16.7 Å². The Morgan fingerprint density at radius 3 is 2.42 bits per heavy atom. The second-order valence-corrected chi connectivity index (χ2v) is 7.10. The summed E-state index contributed by atoms with van der Waals surface area (Å²) in [4.78, 5) is 13.8. The van der Waals surface area contributed by atoms with Crippen LogP contribution in [0.25, 0.3) is 0 Å². The van der Waals surface area contributed by atoms with Crippen LogP contribution in [0.4, 0.5) is 0 Å². The van der Waals surface area contributed by atoms with Crippen molar-refractivity contribution in [2.24, 2.45) is 5.14 Å². The van der Waals surface area contributed by atoms with Crippen molar-refractivity contribution in [3.05, 3.63) is 27.2 Å². The molecule has 2 rings (SSSR count). The molecule has 1 aromatic carbocycles. The first-order chi connectivity index (χ1) is 8.80. The largest absolute Gasteiger partial charge is 0.339 e. The molecular formula is C11H12BrClN2O3S. The van der Waals surface area contributed by atoms with E-state index in [1.807, 2.05) is 0 Å². The number of nitrogens with zero attached hydrogens (tertiary/aromatic N) is 1. The van der Waals surface area contributed by atoms with Gasteiger partial charge in [0.15, 0.2) is 0 Å². The van der Waals surface area contributed by atoms with Gasteiger partial charge in [-0.1, -0.05) is 11.6 Å². The third-order valence-corrected chi connectivity index (χ3v) is 5.11. The van der Waals surface area contributed by atoms with E-state index in [9.17, 15) is 13.2 Å². The second kappa shape index (κ2) is 5.40. The number of carbonyl (C=O) groups is 1. The van der Waals surface area contributed by atoms with Gasteiger partial charge in [0.25, 0.3) is 5.91 Å². The van der Waals surface area contributed by atoms with Gasteiger partial charge in [0.1, 0.15) is 0 Å². The molecule has 2 N–H and O–H groups in total. The van der Waals surface area contributed by atoms with Gasteiger partial charge < -0.3 is 4.90 Å². The molecule has 1 saturated heterocycles. The summed E-state index contributed by atoms with van der Waals surface area (Å²) in [5.74, 6) is -0.270. The first-order valence-corrected chi connectivity index (χ1v) is 8.33. The van der Waals surface area contributed by atoms with E-state index in [1.54, 1.807) is 4.90 Å². The Morgan fingerprint density at radius 2 is 1.89 bits per heavy atom. The van der Waals surface area contributed by atoms with Crippen LogP contribution in [0.15, 0.2) is 21.5 Å². The molecule has 104 valence electrons. The molecular weight excluding hydrogens is 356 g/mol. The molecule has 1 amide bonds. The number of hydrogen-bond donors (Lipinski definition) is 1. The maximum Gasteiger partial charge on any atom is 0.255 e. The first kappa shape index (κ1) is 14.8. The van der Waals surface area contributed by atoms with Gasteiger partial charge in [-0.25, -0.2) is 13.6 Å². The van der Waals surface area contributed by atoms with Crippen LogP contribution in [0.3, 0.4) is 0 Å². The van der Waals surface area contributed by atoms with Crippen molar-refractivity contribution in [2.45, 2.75) is 17.7 Å². The van der Waals surface area contributed by atoms with Crippen LogP contribution < -0.4 is 5.14 Å². The van der Waals surface area contributed by atoms with Crippen LogP contribution in [0, 0.1) is 0 Å². The average Bonchev–Trinajstić information content (AvgIpc) is 2.83. The minimum Gasteiger partial charge on any atom is -0.339 e. The Hall–Kier alpha value is -0.630. The van der Waals surface area contributed by atoms with Crippen molar-refractivity contribution in [1.29, 1.82) is 0 Å². The number of rotatable bonds is 2. The SMILES string of the molecule is NS(=O)(=O)c1cc(Br)c(Cl)c(C(=O)N2CCCC2)c1. The Labute approximate surface area is 124 Å². The van der Waals surface area contributed by atoms with E-state index in [0.29, 0.717) is 17.6 Å². The maximum atomic E-state index is 12.3. The summed E-state index contributed by atoms with van der Waals surface area (Å²) in [5, 5.41) is 5.28. The van der Waals surface area contributed by atoms with Crippen molar-refractivity contribution in [3.8, 4) is 0 Å². The summed E-state index contributed by atoms with van der Waals surface area (Å²) < 4.78 is 23.1. The average molecular weight is 368 g/mol. The smallest absolute Gasteiger partial charge is 0.255 e. The number of nitrogens with two attached hydrogens (primary N) is 1. The quantitative estimate of drug-likeness (QED) is 0.868. The summed E-state index contributed by atoms with van der Waals surface area (Å²) >= 11 is 9.20. The molecule has 0 aromatic heterocycles. The predicted octanol–water partition coefficient (Wildman–Crippen LogP) is 1.99. The molecule has 19 heavy (non-hydrogen) atoms. The van der Waals surface area contributed by atoms with E-state index >= 15 is 0 Å².